The van der Waals surface area contributed by atoms with Crippen LogP contribution in [-0.2, 0) is 16.0 Å². The molecule has 0 saturated carbocycles. The average molecular weight is 279 g/mol. The predicted octanol–water partition coefficient (Wildman–Crippen LogP) is 1.00. The van der Waals surface area contributed by atoms with Crippen LogP contribution in [-0.4, -0.2) is 54.1 Å². The Balaban J connectivity index is 1.53. The summed E-state index contributed by atoms with van der Waals surface area (Å²) in [6.45, 7) is 4.72. The second-order valence-corrected chi connectivity index (χ2v) is 5.00. The Hall–Kier alpha value is -1.54. The molecule has 2 saturated heterocycles. The van der Waals surface area contributed by atoms with Crippen LogP contribution in [0.4, 0.5) is 5.69 Å². The summed E-state index contributed by atoms with van der Waals surface area (Å²) in [5.41, 5.74) is 1.13. The molecular formula is C13H17N3O4. The van der Waals surface area contributed by atoms with Gasteiger partial charge in [0.15, 0.2) is 6.79 Å². The van der Waals surface area contributed by atoms with Crippen molar-refractivity contribution < 1.29 is 14.4 Å². The molecule has 108 valence electrons. The van der Waals surface area contributed by atoms with Crippen molar-refractivity contribution in [2.45, 2.75) is 13.0 Å². The third-order valence-electron chi connectivity index (χ3n) is 3.65. The van der Waals surface area contributed by atoms with Gasteiger partial charge in [0, 0.05) is 44.9 Å². The van der Waals surface area contributed by atoms with Crippen LogP contribution in [0.3, 0.4) is 0 Å². The number of hydrogen-bond acceptors (Lipinski definition) is 6. The number of nitrogens with zero attached hydrogens (tertiary/aromatic N) is 3. The van der Waals surface area contributed by atoms with Gasteiger partial charge in [-0.1, -0.05) is 12.1 Å². The summed E-state index contributed by atoms with van der Waals surface area (Å²) in [6, 6.07) is 6.83. The molecule has 3 rings (SSSR count). The number of nitro benzene ring substituents is 1. The molecule has 7 nitrogen and oxygen atoms in total. The highest BCUT2D eigenvalue weighted by Gasteiger charge is 2.29. The van der Waals surface area contributed by atoms with Crippen molar-refractivity contribution in [3.8, 4) is 0 Å². The van der Waals surface area contributed by atoms with Gasteiger partial charge in [-0.15, -0.1) is 0 Å². The summed E-state index contributed by atoms with van der Waals surface area (Å²) in [5, 5.41) is 10.8. The van der Waals surface area contributed by atoms with Crippen molar-refractivity contribution in [1.29, 1.82) is 0 Å². The minimum Gasteiger partial charge on any atom is -0.313 e. The molecule has 0 aliphatic carbocycles. The molecule has 0 aromatic heterocycles. The lowest BCUT2D eigenvalue weighted by Gasteiger charge is -2.41. The van der Waals surface area contributed by atoms with E-state index in [1.807, 2.05) is 6.07 Å². The second-order valence-electron chi connectivity index (χ2n) is 5.00. The maximum Gasteiger partial charge on any atom is 0.269 e. The summed E-state index contributed by atoms with van der Waals surface area (Å²) < 4.78 is 10.6. The predicted molar refractivity (Wildman–Crippen MR) is 70.8 cm³/mol. The van der Waals surface area contributed by atoms with Crippen LogP contribution in [0.2, 0.25) is 0 Å². The van der Waals surface area contributed by atoms with E-state index >= 15 is 0 Å². The van der Waals surface area contributed by atoms with Crippen LogP contribution in [0, 0.1) is 10.1 Å². The first-order chi connectivity index (χ1) is 9.72. The van der Waals surface area contributed by atoms with E-state index in [-0.39, 0.29) is 17.0 Å². The summed E-state index contributed by atoms with van der Waals surface area (Å²) in [6.07, 6.45) is -0.171. The van der Waals surface area contributed by atoms with E-state index in [0.29, 0.717) is 6.79 Å². The molecule has 2 heterocycles. The van der Waals surface area contributed by atoms with Gasteiger partial charge in [0.2, 0.25) is 6.41 Å². The molecule has 1 aromatic carbocycles. The van der Waals surface area contributed by atoms with Crippen molar-refractivity contribution in [1.82, 2.24) is 9.80 Å². The quantitative estimate of drug-likeness (QED) is 0.605. The van der Waals surface area contributed by atoms with Gasteiger partial charge in [0.05, 0.1) is 4.92 Å². The van der Waals surface area contributed by atoms with Crippen molar-refractivity contribution in [2.24, 2.45) is 0 Å². The molecule has 2 aliphatic rings. The number of non-ortho nitro benzene ring substituents is 1. The number of ether oxygens (including phenoxy) is 2. The van der Waals surface area contributed by atoms with E-state index in [2.05, 4.69) is 9.80 Å². The molecule has 7 heteroatoms. The van der Waals surface area contributed by atoms with Crippen molar-refractivity contribution in [3.05, 3.63) is 39.9 Å². The zero-order valence-corrected chi connectivity index (χ0v) is 11.1. The van der Waals surface area contributed by atoms with Gasteiger partial charge in [0.1, 0.15) is 0 Å². The Bertz CT molecular complexity index is 484. The fourth-order valence-electron chi connectivity index (χ4n) is 2.50. The summed E-state index contributed by atoms with van der Waals surface area (Å²) in [4.78, 5) is 14.9. The molecule has 2 fully saturated rings. The lowest BCUT2D eigenvalue weighted by molar-refractivity contribution is -0.384. The molecule has 1 aromatic rings. The zero-order valence-electron chi connectivity index (χ0n) is 11.1. The second kappa shape index (κ2) is 5.84. The topological polar surface area (TPSA) is 68.1 Å². The summed E-state index contributed by atoms with van der Waals surface area (Å²) in [7, 11) is 0. The number of benzene rings is 1. The van der Waals surface area contributed by atoms with Crippen LogP contribution >= 0.6 is 0 Å². The molecule has 0 radical (unpaired) electrons. The van der Waals surface area contributed by atoms with Gasteiger partial charge in [0.25, 0.3) is 5.69 Å². The van der Waals surface area contributed by atoms with E-state index in [4.69, 9.17) is 9.47 Å². The average Bonchev–Trinajstić information content (AvgIpc) is 2.39. The Kier molecular flexibility index (Phi) is 3.93. The van der Waals surface area contributed by atoms with Crippen molar-refractivity contribution >= 4 is 5.69 Å². The van der Waals surface area contributed by atoms with E-state index in [9.17, 15) is 10.1 Å². The molecule has 0 spiro atoms. The lowest BCUT2D eigenvalue weighted by Crippen LogP contribution is -2.55. The fourth-order valence-corrected chi connectivity index (χ4v) is 2.50. The van der Waals surface area contributed by atoms with Crippen LogP contribution in [0.25, 0.3) is 0 Å². The van der Waals surface area contributed by atoms with Crippen molar-refractivity contribution in [3.63, 3.8) is 0 Å². The number of rotatable bonds is 4. The van der Waals surface area contributed by atoms with Gasteiger partial charge < -0.3 is 9.47 Å². The molecule has 0 N–H and O–H groups in total. The van der Waals surface area contributed by atoms with Gasteiger partial charge in [-0.25, -0.2) is 0 Å². The monoisotopic (exact) mass is 279 g/mol. The van der Waals surface area contributed by atoms with Crippen LogP contribution in [0.15, 0.2) is 24.3 Å². The van der Waals surface area contributed by atoms with Gasteiger partial charge in [-0.3, -0.25) is 19.9 Å². The van der Waals surface area contributed by atoms with Gasteiger partial charge in [-0.05, 0) is 5.56 Å². The van der Waals surface area contributed by atoms with Gasteiger partial charge in [-0.2, -0.15) is 0 Å². The Labute approximate surface area is 116 Å². The molecule has 20 heavy (non-hydrogen) atoms. The molecule has 0 unspecified atom stereocenters. The van der Waals surface area contributed by atoms with Gasteiger partial charge >= 0.3 is 0 Å². The minimum atomic E-state index is -0.354. The van der Waals surface area contributed by atoms with E-state index in [0.717, 1.165) is 38.3 Å². The Morgan fingerprint density at radius 2 is 2.00 bits per heavy atom. The highest BCUT2D eigenvalue weighted by atomic mass is 16.9. The first kappa shape index (κ1) is 13.4. The third-order valence-corrected chi connectivity index (χ3v) is 3.65. The summed E-state index contributed by atoms with van der Waals surface area (Å²) >= 11 is 0. The summed E-state index contributed by atoms with van der Waals surface area (Å²) in [5.74, 6) is 0. The number of piperazine rings is 1. The first-order valence-corrected chi connectivity index (χ1v) is 6.65. The Morgan fingerprint density at radius 1 is 1.25 bits per heavy atom. The molecular weight excluding hydrogens is 262 g/mol. The molecule has 0 amide bonds. The molecule has 0 bridgehead atoms. The van der Waals surface area contributed by atoms with E-state index in [1.54, 1.807) is 12.1 Å². The van der Waals surface area contributed by atoms with Crippen LogP contribution < -0.4 is 0 Å². The smallest absolute Gasteiger partial charge is 0.269 e. The Morgan fingerprint density at radius 3 is 2.60 bits per heavy atom. The zero-order chi connectivity index (χ0) is 13.9. The van der Waals surface area contributed by atoms with E-state index in [1.165, 1.54) is 6.07 Å². The third kappa shape index (κ3) is 2.96. The number of nitro groups is 1. The maximum atomic E-state index is 10.8. The van der Waals surface area contributed by atoms with Crippen LogP contribution in [0.1, 0.15) is 5.56 Å². The molecule has 2 aliphatic heterocycles. The first-order valence-electron chi connectivity index (χ1n) is 6.65. The highest BCUT2D eigenvalue weighted by molar-refractivity contribution is 5.34. The minimum absolute atomic E-state index is 0.150. The lowest BCUT2D eigenvalue weighted by atomic mass is 10.2. The number of hydrogen-bond donors (Lipinski definition) is 0. The van der Waals surface area contributed by atoms with E-state index < -0.39 is 0 Å². The highest BCUT2D eigenvalue weighted by Crippen LogP contribution is 2.18. The SMILES string of the molecule is O=[N+]([O-])c1cccc(CN2CCN(C3OCO3)CC2)c1. The van der Waals surface area contributed by atoms with Crippen LogP contribution in [0.5, 0.6) is 0 Å². The molecule has 0 atom stereocenters. The fraction of sp³-hybridized carbons (Fsp3) is 0.538. The maximum absolute atomic E-state index is 10.8. The standard InChI is InChI=1S/C13H17N3O4/c17-16(18)12-3-1-2-11(8-12)9-14-4-6-15(7-5-14)13-19-10-20-13/h1-3,8,13H,4-7,9-10H2. The van der Waals surface area contributed by atoms with Crippen molar-refractivity contribution in [2.75, 3.05) is 33.0 Å². The largest absolute Gasteiger partial charge is 0.313 e. The normalized spacial score (nSPS) is 21.6.